The minimum Gasteiger partial charge on any atom is -0.490 e. The lowest BCUT2D eigenvalue weighted by Crippen LogP contribution is -2.42. The molecule has 2 heterocycles. The van der Waals surface area contributed by atoms with E-state index in [0.29, 0.717) is 28.6 Å². The van der Waals surface area contributed by atoms with Crippen LogP contribution in [0.4, 0.5) is 4.39 Å². The quantitative estimate of drug-likeness (QED) is 0.921. The highest BCUT2D eigenvalue weighted by Crippen LogP contribution is 2.32. The average Bonchev–Trinajstić information content (AvgIpc) is 2.68. The Balaban J connectivity index is 1.68. The maximum Gasteiger partial charge on any atom is 0.228 e. The zero-order valence-electron chi connectivity index (χ0n) is 10.6. The van der Waals surface area contributed by atoms with Gasteiger partial charge in [-0.1, -0.05) is 11.6 Å². The van der Waals surface area contributed by atoms with Gasteiger partial charge in [-0.15, -0.1) is 0 Å². The van der Waals surface area contributed by atoms with Crippen LogP contribution in [0.5, 0.6) is 11.5 Å². The third kappa shape index (κ3) is 3.12. The van der Waals surface area contributed by atoms with E-state index in [-0.39, 0.29) is 6.10 Å². The van der Waals surface area contributed by atoms with Gasteiger partial charge in [-0.3, -0.25) is 0 Å². The van der Waals surface area contributed by atoms with Crippen molar-refractivity contribution in [3.8, 4) is 11.5 Å². The molecule has 3 nitrogen and oxygen atoms in total. The van der Waals surface area contributed by atoms with E-state index in [4.69, 9.17) is 21.1 Å². The molecular weight excluding hydrogens is 269 g/mol. The van der Waals surface area contributed by atoms with Crippen LogP contribution in [0, 0.1) is 0 Å². The molecule has 0 aromatic heterocycles. The Bertz CT molecular complexity index is 445. The number of piperidine rings is 1. The fraction of sp³-hybridized carbons (Fsp3) is 0.571. The smallest absolute Gasteiger partial charge is 0.228 e. The third-order valence-corrected chi connectivity index (χ3v) is 4.02. The number of benzene rings is 1. The standard InChI is InChI=1S/C14H17ClFNO2/c15-9-3-12(18-8-16)7-13(4-9)19-14-5-10-1-2-11(6-14)17-10/h3-4,7,10-11,14,17H,1-2,5-6,8H2/t10-,11+,14+. The molecule has 2 aliphatic heterocycles. The molecule has 2 fully saturated rings. The van der Waals surface area contributed by atoms with Crippen molar-refractivity contribution in [3.63, 3.8) is 0 Å². The lowest BCUT2D eigenvalue weighted by atomic mass is 10.0. The van der Waals surface area contributed by atoms with Crippen LogP contribution in [0.1, 0.15) is 25.7 Å². The van der Waals surface area contributed by atoms with E-state index < -0.39 is 6.86 Å². The maximum absolute atomic E-state index is 12.2. The fourth-order valence-corrected chi connectivity index (χ4v) is 3.26. The van der Waals surface area contributed by atoms with Gasteiger partial charge in [0.15, 0.2) is 0 Å². The third-order valence-electron chi connectivity index (χ3n) is 3.80. The molecule has 2 saturated heterocycles. The van der Waals surface area contributed by atoms with Crippen molar-refractivity contribution in [2.24, 2.45) is 0 Å². The molecule has 2 aliphatic rings. The molecule has 0 amide bonds. The first-order valence-electron chi connectivity index (χ1n) is 6.65. The number of hydrogen-bond acceptors (Lipinski definition) is 3. The van der Waals surface area contributed by atoms with Gasteiger partial charge in [-0.25, -0.2) is 4.39 Å². The molecule has 19 heavy (non-hydrogen) atoms. The minimum atomic E-state index is -0.864. The number of hydrogen-bond donors (Lipinski definition) is 1. The van der Waals surface area contributed by atoms with Crippen LogP contribution in [0.3, 0.4) is 0 Å². The monoisotopic (exact) mass is 285 g/mol. The van der Waals surface area contributed by atoms with Crippen LogP contribution >= 0.6 is 11.6 Å². The van der Waals surface area contributed by atoms with Crippen molar-refractivity contribution in [1.29, 1.82) is 0 Å². The second-order valence-electron chi connectivity index (χ2n) is 5.23. The summed E-state index contributed by atoms with van der Waals surface area (Å²) < 4.78 is 23.0. The molecule has 0 saturated carbocycles. The summed E-state index contributed by atoms with van der Waals surface area (Å²) in [5, 5.41) is 4.07. The molecule has 2 bridgehead atoms. The van der Waals surface area contributed by atoms with Gasteiger partial charge in [0.05, 0.1) is 0 Å². The number of rotatable bonds is 4. The summed E-state index contributed by atoms with van der Waals surface area (Å²) in [6.07, 6.45) is 4.70. The highest BCUT2D eigenvalue weighted by molar-refractivity contribution is 6.30. The number of fused-ring (bicyclic) bond motifs is 2. The molecule has 1 aromatic rings. The largest absolute Gasteiger partial charge is 0.490 e. The SMILES string of the molecule is FCOc1cc(Cl)cc(O[C@H]2C[C@H]3CC[C@@H](C2)N3)c1. The lowest BCUT2D eigenvalue weighted by molar-refractivity contribution is 0.136. The molecule has 104 valence electrons. The number of alkyl halides is 1. The van der Waals surface area contributed by atoms with Gasteiger partial charge in [-0.05, 0) is 37.8 Å². The summed E-state index contributed by atoms with van der Waals surface area (Å²) >= 11 is 5.98. The van der Waals surface area contributed by atoms with Gasteiger partial charge in [0.25, 0.3) is 0 Å². The summed E-state index contributed by atoms with van der Waals surface area (Å²) in [5.74, 6) is 1.06. The first-order valence-corrected chi connectivity index (χ1v) is 7.03. The predicted octanol–water partition coefficient (Wildman–Crippen LogP) is 3.31. The Hall–Kier alpha value is -1.00. The van der Waals surface area contributed by atoms with Crippen LogP contribution < -0.4 is 14.8 Å². The Morgan fingerprint density at radius 1 is 1.16 bits per heavy atom. The van der Waals surface area contributed by atoms with E-state index in [1.807, 2.05) is 0 Å². The first-order chi connectivity index (χ1) is 9.22. The first kappa shape index (κ1) is 13.0. The van der Waals surface area contributed by atoms with E-state index in [1.54, 1.807) is 18.2 Å². The highest BCUT2D eigenvalue weighted by Gasteiger charge is 2.34. The number of ether oxygens (including phenoxy) is 2. The highest BCUT2D eigenvalue weighted by atomic mass is 35.5. The minimum absolute atomic E-state index is 0.204. The number of halogens is 2. The molecule has 0 radical (unpaired) electrons. The van der Waals surface area contributed by atoms with Crippen molar-refractivity contribution in [2.75, 3.05) is 6.86 Å². The molecule has 1 N–H and O–H groups in total. The Morgan fingerprint density at radius 3 is 2.53 bits per heavy atom. The molecule has 1 aromatic carbocycles. The molecular formula is C14H17ClFNO2. The van der Waals surface area contributed by atoms with E-state index in [1.165, 1.54) is 12.8 Å². The summed E-state index contributed by atoms with van der Waals surface area (Å²) in [7, 11) is 0. The molecule has 5 heteroatoms. The van der Waals surface area contributed by atoms with Gasteiger partial charge in [0.1, 0.15) is 17.6 Å². The fourth-order valence-electron chi connectivity index (χ4n) is 3.05. The predicted molar refractivity (Wildman–Crippen MR) is 71.7 cm³/mol. The van der Waals surface area contributed by atoms with E-state index in [2.05, 4.69) is 5.32 Å². The molecule has 3 rings (SSSR count). The van der Waals surface area contributed by atoms with Gasteiger partial charge in [0.2, 0.25) is 6.86 Å². The van der Waals surface area contributed by atoms with E-state index in [9.17, 15) is 4.39 Å². The maximum atomic E-state index is 12.2. The molecule has 0 spiro atoms. The van der Waals surface area contributed by atoms with Gasteiger partial charge >= 0.3 is 0 Å². The van der Waals surface area contributed by atoms with Gasteiger partial charge < -0.3 is 14.8 Å². The number of nitrogens with one attached hydrogen (secondary N) is 1. The lowest BCUT2D eigenvalue weighted by Gasteiger charge is -2.29. The molecule has 0 unspecified atom stereocenters. The summed E-state index contributed by atoms with van der Waals surface area (Å²) in [5.41, 5.74) is 0. The zero-order chi connectivity index (χ0) is 13.2. The summed E-state index contributed by atoms with van der Waals surface area (Å²) in [4.78, 5) is 0. The normalized spacial score (nSPS) is 29.3. The second kappa shape index (κ2) is 5.55. The van der Waals surface area contributed by atoms with Gasteiger partial charge in [0, 0.05) is 23.2 Å². The topological polar surface area (TPSA) is 30.5 Å². The van der Waals surface area contributed by atoms with Crippen LogP contribution in [0.2, 0.25) is 5.02 Å². The van der Waals surface area contributed by atoms with E-state index >= 15 is 0 Å². The van der Waals surface area contributed by atoms with Crippen molar-refractivity contribution < 1.29 is 13.9 Å². The van der Waals surface area contributed by atoms with Crippen molar-refractivity contribution >= 4 is 11.6 Å². The van der Waals surface area contributed by atoms with Crippen LogP contribution in [-0.2, 0) is 0 Å². The van der Waals surface area contributed by atoms with Crippen LogP contribution in [0.25, 0.3) is 0 Å². The molecule has 3 atom stereocenters. The average molecular weight is 286 g/mol. The Morgan fingerprint density at radius 2 is 1.84 bits per heavy atom. The Kier molecular flexibility index (Phi) is 3.80. The summed E-state index contributed by atoms with van der Waals surface area (Å²) in [6, 6.07) is 6.17. The van der Waals surface area contributed by atoms with Gasteiger partial charge in [-0.2, -0.15) is 0 Å². The van der Waals surface area contributed by atoms with Crippen molar-refractivity contribution in [2.45, 2.75) is 43.9 Å². The summed E-state index contributed by atoms with van der Waals surface area (Å²) in [6.45, 7) is -0.864. The van der Waals surface area contributed by atoms with Crippen molar-refractivity contribution in [1.82, 2.24) is 5.32 Å². The Labute approximate surface area is 117 Å². The second-order valence-corrected chi connectivity index (χ2v) is 5.66. The van der Waals surface area contributed by atoms with Crippen molar-refractivity contribution in [3.05, 3.63) is 23.2 Å². The van der Waals surface area contributed by atoms with Crippen LogP contribution in [-0.4, -0.2) is 25.0 Å². The van der Waals surface area contributed by atoms with Crippen LogP contribution in [0.15, 0.2) is 18.2 Å². The zero-order valence-corrected chi connectivity index (χ0v) is 11.3. The molecule has 0 aliphatic carbocycles. The van der Waals surface area contributed by atoms with E-state index in [0.717, 1.165) is 12.8 Å².